The van der Waals surface area contributed by atoms with Gasteiger partial charge in [0, 0.05) is 20.9 Å². The summed E-state index contributed by atoms with van der Waals surface area (Å²) in [4.78, 5) is 28.8. The highest BCUT2D eigenvalue weighted by molar-refractivity contribution is 7.29. The highest BCUT2D eigenvalue weighted by Crippen LogP contribution is 2.39. The molecule has 4 nitrogen and oxygen atoms in total. The summed E-state index contributed by atoms with van der Waals surface area (Å²) >= 11 is 3.58. The first-order chi connectivity index (χ1) is 20.8. The van der Waals surface area contributed by atoms with Gasteiger partial charge in [-0.15, -0.1) is 22.7 Å². The van der Waals surface area contributed by atoms with Crippen molar-refractivity contribution in [1.29, 1.82) is 0 Å². The fraction of sp³-hybridized carbons (Fsp3) is 0.556. The minimum atomic E-state index is -1.64. The first kappa shape index (κ1) is 36.5. The second-order valence-corrected chi connectivity index (χ2v) is 26.8. The number of carbonyl (C=O) groups is 2. The molecule has 1 aromatic carbocycles. The van der Waals surface area contributed by atoms with Crippen LogP contribution in [0.15, 0.2) is 24.3 Å². The molecule has 0 aliphatic heterocycles. The van der Waals surface area contributed by atoms with E-state index < -0.39 is 16.1 Å². The minimum Gasteiger partial charge on any atom is -0.465 e. The van der Waals surface area contributed by atoms with Gasteiger partial charge < -0.3 is 9.47 Å². The lowest BCUT2D eigenvalue weighted by molar-refractivity contribution is 0.0588. The number of aryl methyl sites for hydroxylation is 2. The number of benzene rings is 1. The highest BCUT2D eigenvalue weighted by atomic mass is 32.1. The Morgan fingerprint density at radius 2 is 0.955 bits per heavy atom. The first-order valence-corrected chi connectivity index (χ1v) is 25.0. The van der Waals surface area contributed by atoms with Gasteiger partial charge in [-0.1, -0.05) is 91.7 Å². The third-order valence-corrected chi connectivity index (χ3v) is 17.8. The van der Waals surface area contributed by atoms with Crippen LogP contribution in [0.25, 0.3) is 20.9 Å². The number of methoxy groups -OCH3 is 2. The number of esters is 2. The van der Waals surface area contributed by atoms with Crippen molar-refractivity contribution >= 4 is 59.8 Å². The van der Waals surface area contributed by atoms with Crippen molar-refractivity contribution in [2.45, 2.75) is 117 Å². The van der Waals surface area contributed by atoms with Crippen molar-refractivity contribution in [3.8, 4) is 20.9 Å². The number of rotatable bonds is 16. The SMILES string of the molecule is CCCCCCc1cc(-c2cc(C(=O)OC)c(-c3cc(CCCCCC)c([Si](C)(C)C)s3)cc2C(=O)OC)sc1[Si](C)(C)C. The van der Waals surface area contributed by atoms with Crippen LogP contribution in [0.5, 0.6) is 0 Å². The Morgan fingerprint density at radius 1 is 0.591 bits per heavy atom. The Bertz CT molecular complexity index is 1310. The molecule has 0 N–H and O–H groups in total. The minimum absolute atomic E-state index is 0.383. The summed E-state index contributed by atoms with van der Waals surface area (Å²) in [5.41, 5.74) is 5.31. The molecule has 0 radical (unpaired) electrons. The zero-order valence-corrected chi connectivity index (χ0v) is 32.5. The third kappa shape index (κ3) is 9.05. The average Bonchev–Trinajstić information content (AvgIpc) is 3.61. The van der Waals surface area contributed by atoms with Gasteiger partial charge in [-0.05, 0) is 70.1 Å². The topological polar surface area (TPSA) is 52.6 Å². The first-order valence-electron chi connectivity index (χ1n) is 16.4. The standard InChI is InChI=1S/C36H54O4S2Si2/c1-11-13-15-17-19-25-21-31(41-35(25)43(5,6)7)27-23-30(34(38)40-4)28(24-29(27)33(37)39-3)32-22-26(20-18-16-14-12-2)36(42-32)44(8,9)10/h21-24H,11-20H2,1-10H3. The van der Waals surface area contributed by atoms with Crippen molar-refractivity contribution in [3.05, 3.63) is 46.5 Å². The average molecular weight is 671 g/mol. The normalized spacial score (nSPS) is 12.0. The van der Waals surface area contributed by atoms with E-state index in [0.717, 1.165) is 46.6 Å². The maximum Gasteiger partial charge on any atom is 0.338 e. The zero-order chi connectivity index (χ0) is 32.7. The highest BCUT2D eigenvalue weighted by Gasteiger charge is 2.29. The molecule has 242 valence electrons. The van der Waals surface area contributed by atoms with Gasteiger partial charge in [-0.2, -0.15) is 0 Å². The Balaban J connectivity index is 2.23. The molecule has 2 aromatic heterocycles. The number of hydrogen-bond acceptors (Lipinski definition) is 6. The van der Waals surface area contributed by atoms with Gasteiger partial charge in [0.2, 0.25) is 0 Å². The lowest BCUT2D eigenvalue weighted by atomic mass is 9.95. The van der Waals surface area contributed by atoms with E-state index >= 15 is 0 Å². The van der Waals surface area contributed by atoms with Crippen molar-refractivity contribution in [2.75, 3.05) is 14.2 Å². The van der Waals surface area contributed by atoms with E-state index in [1.54, 1.807) is 22.7 Å². The summed E-state index contributed by atoms with van der Waals surface area (Å²) < 4.78 is 13.6. The predicted molar refractivity (Wildman–Crippen MR) is 197 cm³/mol. The molecule has 0 saturated heterocycles. The number of carbonyl (C=O) groups excluding carboxylic acids is 2. The van der Waals surface area contributed by atoms with Crippen molar-refractivity contribution in [2.24, 2.45) is 0 Å². The lowest BCUT2D eigenvalue weighted by Crippen LogP contribution is -2.37. The van der Waals surface area contributed by atoms with Gasteiger partial charge in [0.25, 0.3) is 0 Å². The summed E-state index contributed by atoms with van der Waals surface area (Å²) in [7, 11) is -0.409. The van der Waals surface area contributed by atoms with E-state index in [1.807, 2.05) is 12.1 Å². The molecule has 3 aromatic rings. The van der Waals surface area contributed by atoms with Crippen molar-refractivity contribution in [3.63, 3.8) is 0 Å². The molecule has 0 aliphatic rings. The summed E-state index contributed by atoms with van der Waals surface area (Å²) in [5.74, 6) is -0.765. The molecule has 3 rings (SSSR count). The van der Waals surface area contributed by atoms with Crippen LogP contribution in [0.1, 0.15) is 97.1 Å². The van der Waals surface area contributed by atoms with Crippen LogP contribution in [-0.2, 0) is 22.3 Å². The zero-order valence-electron chi connectivity index (χ0n) is 28.8. The predicted octanol–water partition coefficient (Wildman–Crippen LogP) is 10.1. The molecule has 0 spiro atoms. The van der Waals surface area contributed by atoms with E-state index in [1.165, 1.54) is 72.9 Å². The number of ether oxygens (including phenoxy) is 2. The Morgan fingerprint density at radius 3 is 1.25 bits per heavy atom. The molecule has 8 heteroatoms. The third-order valence-electron chi connectivity index (χ3n) is 8.08. The number of unbranched alkanes of at least 4 members (excludes halogenated alkanes) is 6. The van der Waals surface area contributed by atoms with Gasteiger partial charge in [0.1, 0.15) is 0 Å². The van der Waals surface area contributed by atoms with Gasteiger partial charge in [0.15, 0.2) is 0 Å². The van der Waals surface area contributed by atoms with E-state index in [0.29, 0.717) is 11.1 Å². The quantitative estimate of drug-likeness (QED) is 0.0865. The second kappa shape index (κ2) is 16.0. The van der Waals surface area contributed by atoms with Crippen LogP contribution in [0.2, 0.25) is 39.3 Å². The van der Waals surface area contributed by atoms with E-state index in [-0.39, 0.29) is 11.9 Å². The molecule has 44 heavy (non-hydrogen) atoms. The summed E-state index contributed by atoms with van der Waals surface area (Å²) in [5, 5.41) is 0. The summed E-state index contributed by atoms with van der Waals surface area (Å²) in [6.45, 7) is 18.8. The van der Waals surface area contributed by atoms with Crippen LogP contribution in [0, 0.1) is 0 Å². The Labute approximate surface area is 276 Å². The maximum atomic E-state index is 13.4. The molecule has 0 bridgehead atoms. The molecular weight excluding hydrogens is 617 g/mol. The second-order valence-electron chi connectivity index (χ2n) is 14.0. The summed E-state index contributed by atoms with van der Waals surface area (Å²) in [6, 6.07) is 8.33. The molecule has 0 unspecified atom stereocenters. The monoisotopic (exact) mass is 670 g/mol. The van der Waals surface area contributed by atoms with Crippen LogP contribution >= 0.6 is 22.7 Å². The molecular formula is C36H54O4S2Si2. The smallest absolute Gasteiger partial charge is 0.338 e. The van der Waals surface area contributed by atoms with E-state index in [2.05, 4.69) is 65.3 Å². The fourth-order valence-electron chi connectivity index (χ4n) is 5.81. The van der Waals surface area contributed by atoms with Crippen LogP contribution in [-0.4, -0.2) is 42.3 Å². The summed E-state index contributed by atoms with van der Waals surface area (Å²) in [6.07, 6.45) is 11.8. The van der Waals surface area contributed by atoms with Gasteiger partial charge in [-0.3, -0.25) is 0 Å². The number of hydrogen-bond donors (Lipinski definition) is 0. The van der Waals surface area contributed by atoms with Crippen LogP contribution in [0.3, 0.4) is 0 Å². The van der Waals surface area contributed by atoms with Gasteiger partial charge in [0.05, 0.1) is 41.5 Å². The van der Waals surface area contributed by atoms with Crippen LogP contribution in [0.4, 0.5) is 0 Å². The lowest BCUT2D eigenvalue weighted by Gasteiger charge is -2.17. The largest absolute Gasteiger partial charge is 0.465 e. The molecule has 0 aliphatic carbocycles. The Hall–Kier alpha value is -2.01. The van der Waals surface area contributed by atoms with E-state index in [9.17, 15) is 9.59 Å². The fourth-order valence-corrected chi connectivity index (χ4v) is 13.2. The molecule has 0 saturated carbocycles. The molecule has 0 fully saturated rings. The van der Waals surface area contributed by atoms with Crippen LogP contribution < -0.4 is 9.00 Å². The molecule has 0 atom stereocenters. The molecule has 0 amide bonds. The van der Waals surface area contributed by atoms with Gasteiger partial charge >= 0.3 is 11.9 Å². The van der Waals surface area contributed by atoms with Crippen molar-refractivity contribution < 1.29 is 19.1 Å². The van der Waals surface area contributed by atoms with Crippen molar-refractivity contribution in [1.82, 2.24) is 0 Å². The van der Waals surface area contributed by atoms with E-state index in [4.69, 9.17) is 9.47 Å². The van der Waals surface area contributed by atoms with Gasteiger partial charge in [-0.25, -0.2) is 9.59 Å². The number of thiophene rings is 2. The maximum absolute atomic E-state index is 13.4. The molecule has 2 heterocycles. The Kier molecular flexibility index (Phi) is 13.3.